The lowest BCUT2D eigenvalue weighted by Crippen LogP contribution is -2.46. The Balaban J connectivity index is 1.81. The fraction of sp³-hybridized carbons (Fsp3) is 1.00. The smallest absolute Gasteiger partial charge is 0.281 e. The number of rotatable bonds is 5. The van der Waals surface area contributed by atoms with E-state index in [2.05, 4.69) is 12.2 Å². The summed E-state index contributed by atoms with van der Waals surface area (Å²) in [6, 6.07) is 0. The summed E-state index contributed by atoms with van der Waals surface area (Å²) in [5.41, 5.74) is 0. The molecule has 2 aliphatic rings. The molecule has 0 unspecified atom stereocenters. The van der Waals surface area contributed by atoms with Crippen LogP contribution in [0.4, 0.5) is 0 Å². The van der Waals surface area contributed by atoms with Gasteiger partial charge in [0.1, 0.15) is 0 Å². The average Bonchev–Trinajstić information content (AvgIpc) is 2.46. The summed E-state index contributed by atoms with van der Waals surface area (Å²) >= 11 is 0. The van der Waals surface area contributed by atoms with Crippen LogP contribution in [0, 0.1) is 11.8 Å². The number of nitrogens with one attached hydrogen (secondary N) is 1. The molecule has 0 bridgehead atoms. The van der Waals surface area contributed by atoms with Crippen molar-refractivity contribution in [1.82, 2.24) is 13.9 Å². The molecule has 2 saturated heterocycles. The van der Waals surface area contributed by atoms with Crippen LogP contribution in [0.2, 0.25) is 0 Å². The Hall–Kier alpha value is -0.170. The Morgan fingerprint density at radius 3 is 2.35 bits per heavy atom. The van der Waals surface area contributed by atoms with Gasteiger partial charge in [0.05, 0.1) is 0 Å². The zero-order chi connectivity index (χ0) is 14.6. The van der Waals surface area contributed by atoms with E-state index in [0.29, 0.717) is 31.5 Å². The van der Waals surface area contributed by atoms with E-state index in [9.17, 15) is 8.42 Å². The van der Waals surface area contributed by atoms with E-state index in [4.69, 9.17) is 0 Å². The lowest BCUT2D eigenvalue weighted by atomic mass is 9.95. The lowest BCUT2D eigenvalue weighted by molar-refractivity contribution is 0.263. The highest BCUT2D eigenvalue weighted by atomic mass is 32.2. The Labute approximate surface area is 123 Å². The van der Waals surface area contributed by atoms with E-state index in [1.54, 1.807) is 15.7 Å². The Kier molecular flexibility index (Phi) is 5.84. The molecular weight excluding hydrogens is 274 g/mol. The van der Waals surface area contributed by atoms with Crippen molar-refractivity contribution in [2.75, 3.05) is 39.8 Å². The summed E-state index contributed by atoms with van der Waals surface area (Å²) in [5, 5.41) is 3.35. The molecule has 0 aliphatic carbocycles. The molecule has 5 nitrogen and oxygen atoms in total. The van der Waals surface area contributed by atoms with Gasteiger partial charge in [0.15, 0.2) is 0 Å². The number of hydrogen-bond acceptors (Lipinski definition) is 3. The van der Waals surface area contributed by atoms with Gasteiger partial charge in [-0.05, 0) is 57.0 Å². The molecule has 0 saturated carbocycles. The van der Waals surface area contributed by atoms with Crippen LogP contribution in [0.3, 0.4) is 0 Å². The molecule has 0 spiro atoms. The van der Waals surface area contributed by atoms with E-state index >= 15 is 0 Å². The molecule has 118 valence electrons. The first-order valence-corrected chi connectivity index (χ1v) is 9.32. The van der Waals surface area contributed by atoms with Gasteiger partial charge in [-0.3, -0.25) is 0 Å². The predicted octanol–water partition coefficient (Wildman–Crippen LogP) is 1.28. The van der Waals surface area contributed by atoms with Crippen LogP contribution in [0.15, 0.2) is 0 Å². The largest absolute Gasteiger partial charge is 0.317 e. The maximum Gasteiger partial charge on any atom is 0.281 e. The Morgan fingerprint density at radius 2 is 1.75 bits per heavy atom. The summed E-state index contributed by atoms with van der Waals surface area (Å²) in [7, 11) is -1.50. The normalized spacial score (nSPS) is 24.4. The Morgan fingerprint density at radius 1 is 1.15 bits per heavy atom. The zero-order valence-corrected chi connectivity index (χ0v) is 13.7. The summed E-state index contributed by atoms with van der Waals surface area (Å²) in [4.78, 5) is 0. The molecule has 2 fully saturated rings. The number of piperidine rings is 2. The van der Waals surface area contributed by atoms with Gasteiger partial charge in [-0.15, -0.1) is 0 Å². The van der Waals surface area contributed by atoms with Crippen molar-refractivity contribution in [2.45, 2.75) is 39.0 Å². The van der Waals surface area contributed by atoms with Crippen LogP contribution >= 0.6 is 0 Å². The number of nitrogens with zero attached hydrogens (tertiary/aromatic N) is 2. The van der Waals surface area contributed by atoms with E-state index in [0.717, 1.165) is 32.4 Å². The first-order chi connectivity index (χ1) is 9.50. The van der Waals surface area contributed by atoms with Crippen LogP contribution in [-0.2, 0) is 10.2 Å². The standard InChI is InChI=1S/C14H29N3O2S/c1-13-5-11-17(12-6-13)20(18,19)16(2)10-7-14-3-8-15-9-4-14/h13-15H,3-12H2,1-2H3. The highest BCUT2D eigenvalue weighted by Crippen LogP contribution is 2.21. The van der Waals surface area contributed by atoms with Gasteiger partial charge in [0.2, 0.25) is 0 Å². The first kappa shape index (κ1) is 16.2. The van der Waals surface area contributed by atoms with Crippen molar-refractivity contribution in [3.63, 3.8) is 0 Å². The maximum atomic E-state index is 12.5. The van der Waals surface area contributed by atoms with Crippen LogP contribution in [0.5, 0.6) is 0 Å². The molecule has 20 heavy (non-hydrogen) atoms. The second-order valence-corrected chi connectivity index (χ2v) is 8.43. The molecule has 0 amide bonds. The van der Waals surface area contributed by atoms with Gasteiger partial charge in [0.25, 0.3) is 10.2 Å². The van der Waals surface area contributed by atoms with E-state index in [1.807, 2.05) is 0 Å². The molecule has 1 N–H and O–H groups in total. The monoisotopic (exact) mass is 303 g/mol. The molecule has 0 aromatic heterocycles. The lowest BCUT2D eigenvalue weighted by Gasteiger charge is -2.33. The molecule has 0 atom stereocenters. The van der Waals surface area contributed by atoms with Crippen LogP contribution < -0.4 is 5.32 Å². The molecule has 6 heteroatoms. The molecule has 0 aromatic carbocycles. The van der Waals surface area contributed by atoms with Gasteiger partial charge < -0.3 is 5.32 Å². The highest BCUT2D eigenvalue weighted by molar-refractivity contribution is 7.86. The third-order valence-electron chi connectivity index (χ3n) is 4.77. The first-order valence-electron chi connectivity index (χ1n) is 7.92. The van der Waals surface area contributed by atoms with Crippen molar-refractivity contribution in [3.8, 4) is 0 Å². The summed E-state index contributed by atoms with van der Waals surface area (Å²) < 4.78 is 28.2. The molecular formula is C14H29N3O2S. The second kappa shape index (κ2) is 7.20. The summed E-state index contributed by atoms with van der Waals surface area (Å²) in [6.07, 6.45) is 5.31. The maximum absolute atomic E-state index is 12.5. The van der Waals surface area contributed by atoms with Gasteiger partial charge in [-0.1, -0.05) is 6.92 Å². The third kappa shape index (κ3) is 4.16. The van der Waals surface area contributed by atoms with Crippen molar-refractivity contribution in [1.29, 1.82) is 0 Å². The fourth-order valence-corrected chi connectivity index (χ4v) is 4.47. The fourth-order valence-electron chi connectivity index (χ4n) is 3.06. The van der Waals surface area contributed by atoms with Gasteiger partial charge in [-0.25, -0.2) is 0 Å². The van der Waals surface area contributed by atoms with Crippen LogP contribution in [0.25, 0.3) is 0 Å². The number of hydrogen-bond donors (Lipinski definition) is 1. The molecule has 0 aromatic rings. The van der Waals surface area contributed by atoms with Crippen LogP contribution in [0.1, 0.15) is 39.0 Å². The predicted molar refractivity (Wildman–Crippen MR) is 81.7 cm³/mol. The van der Waals surface area contributed by atoms with Gasteiger partial charge in [0, 0.05) is 26.7 Å². The van der Waals surface area contributed by atoms with E-state index < -0.39 is 10.2 Å². The van der Waals surface area contributed by atoms with E-state index in [-0.39, 0.29) is 0 Å². The Bertz CT molecular complexity index is 385. The minimum atomic E-state index is -3.24. The molecule has 2 rings (SSSR count). The highest BCUT2D eigenvalue weighted by Gasteiger charge is 2.30. The van der Waals surface area contributed by atoms with Crippen LogP contribution in [-0.4, -0.2) is 56.8 Å². The molecule has 2 heterocycles. The zero-order valence-electron chi connectivity index (χ0n) is 12.8. The van der Waals surface area contributed by atoms with Gasteiger partial charge in [-0.2, -0.15) is 17.0 Å². The minimum Gasteiger partial charge on any atom is -0.317 e. The van der Waals surface area contributed by atoms with E-state index in [1.165, 1.54) is 12.8 Å². The SMILES string of the molecule is CC1CCN(S(=O)(=O)N(C)CCC2CCNCC2)CC1. The van der Waals surface area contributed by atoms with Gasteiger partial charge >= 0.3 is 0 Å². The summed E-state index contributed by atoms with van der Waals surface area (Å²) in [5.74, 6) is 1.33. The third-order valence-corrected chi connectivity index (χ3v) is 6.76. The van der Waals surface area contributed by atoms with Crippen molar-refractivity contribution in [3.05, 3.63) is 0 Å². The minimum absolute atomic E-state index is 0.652. The molecule has 2 aliphatic heterocycles. The van der Waals surface area contributed by atoms with Crippen molar-refractivity contribution >= 4 is 10.2 Å². The molecule has 0 radical (unpaired) electrons. The van der Waals surface area contributed by atoms with Crippen molar-refractivity contribution in [2.24, 2.45) is 11.8 Å². The quantitative estimate of drug-likeness (QED) is 0.832. The average molecular weight is 303 g/mol. The summed E-state index contributed by atoms with van der Waals surface area (Å²) in [6.45, 7) is 6.36. The van der Waals surface area contributed by atoms with Crippen molar-refractivity contribution < 1.29 is 8.42 Å². The second-order valence-electron chi connectivity index (χ2n) is 6.39. The topological polar surface area (TPSA) is 52.7 Å².